The zero-order valence-electron chi connectivity index (χ0n) is 85.4. The number of benzene rings is 4. The van der Waals surface area contributed by atoms with Crippen LogP contribution in [0.15, 0.2) is 60.7 Å². The van der Waals surface area contributed by atoms with E-state index >= 15 is 13.2 Å². The van der Waals surface area contributed by atoms with E-state index in [1.165, 1.54) is 36.4 Å². The second-order valence-electron chi connectivity index (χ2n) is 50.1. The summed E-state index contributed by atoms with van der Waals surface area (Å²) in [6.45, 7) is 67.4. The van der Waals surface area contributed by atoms with Crippen molar-refractivity contribution in [2.24, 2.45) is 47.3 Å². The van der Waals surface area contributed by atoms with Gasteiger partial charge in [-0.25, -0.2) is 38.4 Å². The van der Waals surface area contributed by atoms with Crippen molar-refractivity contribution < 1.29 is 89.4 Å². The number of esters is 8. The maximum Gasteiger partial charge on any atom is 0.402 e. The van der Waals surface area contributed by atoms with Gasteiger partial charge in [0.05, 0.1) is 97.4 Å². The van der Waals surface area contributed by atoms with Crippen molar-refractivity contribution in [1.29, 1.82) is 0 Å². The van der Waals surface area contributed by atoms with Gasteiger partial charge >= 0.3 is 53.9 Å². The Morgan fingerprint density at radius 3 is 0.508 bits per heavy atom. The van der Waals surface area contributed by atoms with Gasteiger partial charge in [-0.3, -0.25) is 0 Å². The SMILES string of the molecule is CC1(C)CC(COC(=O)c2cc(C(=O)OCC3CC(C)(C)NC3(C)C)cc(C(C)(c3cc(C(=O)OCC4CC(C)(C)NC4(C)C)cc(C(=O)OCC4CC(C)(C)NC4(C)C)c3)C(F)(F)F)c2)C(C)(C)N1.CC1(C)CC(COC(=O)c2ccc(C(=O)OCC3CC(C)(C)NC3(C)C)c3c(C(=O)OCC4CC(C)(C)NC4(C)C)ccc(C(=O)OCC4CC(C)(C)NC4(C)C)c23)C(C)(C)N1. The van der Waals surface area contributed by atoms with Crippen LogP contribution >= 0.6 is 0 Å². The van der Waals surface area contributed by atoms with Crippen LogP contribution in [0, 0.1) is 47.3 Å². The van der Waals surface area contributed by atoms with Crippen molar-refractivity contribution >= 4 is 58.5 Å². The molecule has 8 saturated heterocycles. The van der Waals surface area contributed by atoms with Crippen LogP contribution in [0.1, 0.15) is 374 Å². The summed E-state index contributed by atoms with van der Waals surface area (Å²) in [4.78, 5) is 114. The molecule has 8 aliphatic rings. The monoisotopic (exact) mass is 1840 g/mol. The molecule has 4 aromatic carbocycles. The molecule has 8 aliphatic heterocycles. The normalized spacial score (nSPS) is 27.7. The summed E-state index contributed by atoms with van der Waals surface area (Å²) in [5.74, 6) is -6.92. The zero-order chi connectivity index (χ0) is 98.9. The number of rotatable bonds is 26. The third-order valence-electron chi connectivity index (χ3n) is 30.4. The van der Waals surface area contributed by atoms with Gasteiger partial charge in [0.25, 0.3) is 0 Å². The smallest absolute Gasteiger partial charge is 0.402 e. The molecule has 0 bridgehead atoms. The summed E-state index contributed by atoms with van der Waals surface area (Å²) >= 11 is 0. The van der Waals surface area contributed by atoms with E-state index in [9.17, 15) is 38.4 Å². The van der Waals surface area contributed by atoms with E-state index in [0.29, 0.717) is 25.7 Å². The van der Waals surface area contributed by atoms with Crippen LogP contribution in [-0.4, -0.2) is 195 Å². The van der Waals surface area contributed by atoms with E-state index < -0.39 is 92.6 Å². The molecular weight excluding hydrogens is 1690 g/mol. The Bertz CT molecular complexity index is 4480. The third kappa shape index (κ3) is 23.8. The molecule has 132 heavy (non-hydrogen) atoms. The second-order valence-corrected chi connectivity index (χ2v) is 50.1. The van der Waals surface area contributed by atoms with Crippen molar-refractivity contribution in [3.05, 3.63) is 116 Å². The van der Waals surface area contributed by atoms with Crippen molar-refractivity contribution in [2.75, 3.05) is 52.9 Å². The number of fused-ring (bicyclic) bond motifs is 1. The van der Waals surface area contributed by atoms with Gasteiger partial charge in [-0.05, 0) is 352 Å². The number of halogens is 3. The first kappa shape index (κ1) is 105. The average molecular weight is 1840 g/mol. The summed E-state index contributed by atoms with van der Waals surface area (Å²) in [6.07, 6.45) is 0.667. The highest BCUT2D eigenvalue weighted by molar-refractivity contribution is 6.22. The molecule has 27 heteroatoms. The first-order valence-corrected chi connectivity index (χ1v) is 47.6. The summed E-state index contributed by atoms with van der Waals surface area (Å²) in [5.41, 5.74) is -9.62. The molecule has 8 unspecified atom stereocenters. The van der Waals surface area contributed by atoms with Gasteiger partial charge in [0, 0.05) is 147 Å². The quantitative estimate of drug-likeness (QED) is 0.0214. The Morgan fingerprint density at radius 2 is 0.386 bits per heavy atom. The molecule has 8 N–H and O–H groups in total. The lowest BCUT2D eigenvalue weighted by Gasteiger charge is -2.34. The van der Waals surface area contributed by atoms with Gasteiger partial charge in [-0.2, -0.15) is 13.2 Å². The summed E-state index contributed by atoms with van der Waals surface area (Å²) < 4.78 is 97.0. The van der Waals surface area contributed by atoms with Crippen LogP contribution in [0.3, 0.4) is 0 Å². The fraction of sp³-hybridized carbons (Fsp3) is 0.714. The van der Waals surface area contributed by atoms with Gasteiger partial charge in [0.2, 0.25) is 0 Å². The second kappa shape index (κ2) is 36.1. The molecule has 0 aliphatic carbocycles. The molecule has 0 spiro atoms. The van der Waals surface area contributed by atoms with Gasteiger partial charge < -0.3 is 80.4 Å². The molecule has 8 fully saturated rings. The predicted octanol–water partition coefficient (Wildman–Crippen LogP) is 18.0. The Morgan fingerprint density at radius 1 is 0.250 bits per heavy atom. The standard InChI is InChI=1S/C55H81F3N4O8.C50H76N4O8/c1-46(2)24-38(50(9,10)59-46)28-67-42(63)32-18-33(43(64)68-29-39-25-47(3,4)60-51(39,11)12)21-36(20-32)54(17,55(56,57)58)37-22-34(44(65)69-30-40-26-48(5,6)61-52(40,13)14)19-35(23-37)45(66)70-31-41-27-49(7,8)62-53(41,15)16;1-43(2)21-29(47(9,10)51-43)25-59-39(55)33-17-18-35(41(57)61-27-31-23-45(5,6)53-49(31,13)14)38-36(42(58)62-28-32-24-46(7,8)54-50(32,15)16)20-19-34(37(33)38)40(56)60-26-30-22-44(3,4)52-48(30,11)12/h18-23,38-41,59-62H,24-31H2,1-17H3;17-20,29-32,51-54H,21-28H2,1-16H3. The van der Waals surface area contributed by atoms with Crippen LogP contribution in [0.5, 0.6) is 0 Å². The largest absolute Gasteiger partial charge is 0.462 e. The topological polar surface area (TPSA) is 307 Å². The molecule has 0 saturated carbocycles. The number of ether oxygens (including phenoxy) is 8. The lowest BCUT2D eigenvalue weighted by atomic mass is 9.73. The molecule has 24 nitrogen and oxygen atoms in total. The number of carbonyl (C=O) groups excluding carboxylic acids is 8. The van der Waals surface area contributed by atoms with Gasteiger partial charge in [-0.15, -0.1) is 0 Å². The molecule has 0 radical (unpaired) electrons. The first-order chi connectivity index (χ1) is 59.9. The Hall–Kier alpha value is -7.63. The highest BCUT2D eigenvalue weighted by Gasteiger charge is 2.57. The van der Waals surface area contributed by atoms with Crippen molar-refractivity contribution in [1.82, 2.24) is 42.5 Å². The summed E-state index contributed by atoms with van der Waals surface area (Å²) in [6, 6.07) is 12.7. The number of hydrogen-bond donors (Lipinski definition) is 8. The van der Waals surface area contributed by atoms with Crippen LogP contribution in [0.2, 0.25) is 0 Å². The van der Waals surface area contributed by atoms with Gasteiger partial charge in [-0.1, -0.05) is 0 Å². The molecule has 0 aromatic heterocycles. The minimum Gasteiger partial charge on any atom is -0.462 e. The van der Waals surface area contributed by atoms with E-state index in [-0.39, 0.29) is 222 Å². The maximum absolute atomic E-state index is 16.4. The molecule has 4 aromatic rings. The van der Waals surface area contributed by atoms with Crippen LogP contribution in [0.25, 0.3) is 10.8 Å². The van der Waals surface area contributed by atoms with Gasteiger partial charge in [0.1, 0.15) is 5.41 Å². The molecule has 0 amide bonds. The molecule has 8 heterocycles. The number of carbonyl (C=O) groups is 8. The van der Waals surface area contributed by atoms with E-state index in [1.54, 1.807) is 0 Å². The Labute approximate surface area is 783 Å². The van der Waals surface area contributed by atoms with Crippen molar-refractivity contribution in [2.45, 2.75) is 380 Å². The van der Waals surface area contributed by atoms with Crippen LogP contribution < -0.4 is 42.5 Å². The fourth-order valence-corrected chi connectivity index (χ4v) is 24.3. The molecule has 12 rings (SSSR count). The first-order valence-electron chi connectivity index (χ1n) is 47.6. The predicted molar refractivity (Wildman–Crippen MR) is 507 cm³/mol. The van der Waals surface area contributed by atoms with Crippen LogP contribution in [0.4, 0.5) is 13.2 Å². The molecule has 8 atom stereocenters. The maximum atomic E-state index is 16.4. The number of nitrogens with one attached hydrogen (secondary N) is 8. The van der Waals surface area contributed by atoms with E-state index in [1.807, 2.05) is 111 Å². The lowest BCUT2D eigenvalue weighted by molar-refractivity contribution is -0.173. The summed E-state index contributed by atoms with van der Waals surface area (Å²) in [5, 5.41) is 28.9. The minimum absolute atomic E-state index is 0.00294. The number of alkyl halides is 3. The molecule has 734 valence electrons. The van der Waals surface area contributed by atoms with E-state index in [2.05, 4.69) is 153 Å². The zero-order valence-corrected chi connectivity index (χ0v) is 85.4. The third-order valence-corrected chi connectivity index (χ3v) is 30.4. The van der Waals surface area contributed by atoms with Crippen LogP contribution in [-0.2, 0) is 43.3 Å². The lowest BCUT2D eigenvalue weighted by Crippen LogP contribution is -2.46. The minimum atomic E-state index is -5.15. The summed E-state index contributed by atoms with van der Waals surface area (Å²) in [7, 11) is 0. The average Bonchev–Trinajstić information content (AvgIpc) is 1.22. The fourth-order valence-electron chi connectivity index (χ4n) is 24.3. The van der Waals surface area contributed by atoms with E-state index in [4.69, 9.17) is 37.9 Å². The van der Waals surface area contributed by atoms with E-state index in [0.717, 1.165) is 56.9 Å². The van der Waals surface area contributed by atoms with Gasteiger partial charge in [0.15, 0.2) is 0 Å². The van der Waals surface area contributed by atoms with Crippen molar-refractivity contribution in [3.63, 3.8) is 0 Å². The molecular formula is C105H157F3N8O16. The highest BCUT2D eigenvalue weighted by Crippen LogP contribution is 2.50. The highest BCUT2D eigenvalue weighted by atomic mass is 19.4. The van der Waals surface area contributed by atoms with Crippen molar-refractivity contribution in [3.8, 4) is 0 Å². The Balaban J connectivity index is 0.000000256. The Kier molecular flexibility index (Phi) is 28.6. The number of hydrogen-bond acceptors (Lipinski definition) is 24.